The molecule has 5 nitrogen and oxygen atoms in total. The summed E-state index contributed by atoms with van der Waals surface area (Å²) in [5, 5.41) is 20.3. The van der Waals surface area contributed by atoms with Gasteiger partial charge in [0.05, 0.1) is 7.49 Å². The number of alkyl halides is 2. The van der Waals surface area contributed by atoms with Gasteiger partial charge in [-0.15, -0.1) is 5.75 Å². The van der Waals surface area contributed by atoms with Gasteiger partial charge in [-0.3, -0.25) is 0 Å². The second-order valence-corrected chi connectivity index (χ2v) is 8.89. The third-order valence-corrected chi connectivity index (χ3v) is 7.82. The molecule has 122 valence electrons. The van der Waals surface area contributed by atoms with Crippen LogP contribution in [0.2, 0.25) is 0 Å². The van der Waals surface area contributed by atoms with E-state index in [2.05, 4.69) is 22.6 Å². The van der Waals surface area contributed by atoms with Crippen LogP contribution in [0.3, 0.4) is 0 Å². The summed E-state index contributed by atoms with van der Waals surface area (Å²) in [5.74, 6) is 0.0487. The molecule has 0 saturated heterocycles. The van der Waals surface area contributed by atoms with Gasteiger partial charge in [0.15, 0.2) is 3.55 Å². The van der Waals surface area contributed by atoms with Gasteiger partial charge in [0.1, 0.15) is 11.5 Å². The van der Waals surface area contributed by atoms with E-state index in [4.69, 9.17) is 10.5 Å². The van der Waals surface area contributed by atoms with Crippen molar-refractivity contribution in [2.45, 2.75) is 7.47 Å². The minimum absolute atomic E-state index is 0. The van der Waals surface area contributed by atoms with Crippen molar-refractivity contribution in [3.8, 4) is 17.2 Å². The van der Waals surface area contributed by atoms with Crippen molar-refractivity contribution in [2.24, 2.45) is 5.73 Å². The number of aliphatic carboxylic acids is 1. The number of hydrogen-bond donors (Lipinski definition) is 2. The summed E-state index contributed by atoms with van der Waals surface area (Å²) >= 11 is 5.89. The summed E-state index contributed by atoms with van der Waals surface area (Å²) in [5.41, 5.74) is 6.68. The second-order valence-electron chi connectivity index (χ2n) is 4.70. The topological polar surface area (TPSA) is 95.6 Å². The van der Waals surface area contributed by atoms with Gasteiger partial charge in [-0.25, -0.2) is 4.79 Å². The molecule has 0 aliphatic heterocycles. The number of rotatable bonds is 5. The predicted molar refractivity (Wildman–Crippen MR) is 110 cm³/mol. The molecule has 2 aromatic carbocycles. The van der Waals surface area contributed by atoms with Gasteiger partial charge in [0.2, 0.25) is 0 Å². The number of nitrogens with two attached hydrogens (primary N) is 1. The van der Waals surface area contributed by atoms with Crippen LogP contribution in [0.25, 0.3) is 0 Å². The van der Waals surface area contributed by atoms with E-state index in [-0.39, 0.29) is 35.3 Å². The predicted octanol–water partition coefficient (Wildman–Crippen LogP) is 0.812. The second kappa shape index (κ2) is 9.55. The van der Waals surface area contributed by atoms with Gasteiger partial charge in [-0.1, -0.05) is 40.8 Å². The van der Waals surface area contributed by atoms with E-state index in [9.17, 15) is 15.0 Å². The van der Waals surface area contributed by atoms with Crippen molar-refractivity contribution < 1.29 is 49.3 Å². The van der Waals surface area contributed by atoms with Crippen LogP contribution in [-0.4, -0.2) is 14.6 Å². The van der Waals surface area contributed by atoms with E-state index in [1.54, 1.807) is 46.9 Å². The molecule has 9 heteroatoms. The minimum atomic E-state index is -1.40. The number of hydrogen-bond acceptors (Lipinski definition) is 4. The summed E-state index contributed by atoms with van der Waals surface area (Å²) in [6, 6.07) is 11.5. The zero-order chi connectivity index (χ0) is 17.2. The Hall–Kier alpha value is 0.660. The van der Waals surface area contributed by atoms with Crippen molar-refractivity contribution in [3.63, 3.8) is 0 Å². The monoisotopic (exact) mass is 673 g/mol. The number of halogens is 3. The van der Waals surface area contributed by atoms with Crippen molar-refractivity contribution >= 4 is 73.7 Å². The van der Waals surface area contributed by atoms with E-state index in [0.29, 0.717) is 11.5 Å². The van der Waals surface area contributed by atoms with Gasteiger partial charge in [-0.05, 0) is 75.0 Å². The Morgan fingerprint density at radius 1 is 1.25 bits per heavy atom. The average Bonchev–Trinajstić information content (AvgIpc) is 2.50. The number of carbonyl (C=O) groups is 1. The smallest absolute Gasteiger partial charge is 0.872 e. The standard InChI is InChI=1S/C15H12I3NO4.Na/c16-11-7-8(13(17)15(18,19)14(21)22)1-6-12(11)23-10-4-2-9(20)3-5-10;/h1-7,13,20H,19H2,(H,21,22);/q;+1/p-1/t13-,15+;/m1./s1. The molecule has 0 aliphatic rings. The zero-order valence-corrected chi connectivity index (χ0v) is 21.0. The summed E-state index contributed by atoms with van der Waals surface area (Å²) < 4.78 is 4.76. The van der Waals surface area contributed by atoms with Crippen LogP contribution >= 0.6 is 67.8 Å². The first-order chi connectivity index (χ1) is 10.7. The number of ether oxygens (including phenoxy) is 1. The molecule has 0 spiro atoms. The molecule has 0 aliphatic carbocycles. The van der Waals surface area contributed by atoms with Crippen molar-refractivity contribution in [3.05, 3.63) is 51.6 Å². The maximum atomic E-state index is 11.3. The summed E-state index contributed by atoms with van der Waals surface area (Å²) in [4.78, 5) is 11.3. The first-order valence-electron chi connectivity index (χ1n) is 6.31. The van der Waals surface area contributed by atoms with Crippen LogP contribution in [0.15, 0.2) is 42.5 Å². The Morgan fingerprint density at radius 3 is 2.33 bits per heavy atom. The van der Waals surface area contributed by atoms with Crippen LogP contribution in [0.1, 0.15) is 9.49 Å². The molecule has 0 radical (unpaired) electrons. The molecular formula is C15H11I3NNaO4. The summed E-state index contributed by atoms with van der Waals surface area (Å²) in [7, 11) is 0. The van der Waals surface area contributed by atoms with Gasteiger partial charge in [0.25, 0.3) is 0 Å². The Balaban J connectivity index is 0.00000288. The Morgan fingerprint density at radius 2 is 1.83 bits per heavy atom. The molecule has 0 fully saturated rings. The van der Waals surface area contributed by atoms with Gasteiger partial charge in [0, 0.05) is 0 Å². The molecule has 0 saturated carbocycles. The maximum Gasteiger partial charge on any atom is 1.00 e. The van der Waals surface area contributed by atoms with Crippen LogP contribution in [0.4, 0.5) is 0 Å². The molecule has 0 amide bonds. The Labute approximate surface area is 202 Å². The van der Waals surface area contributed by atoms with Crippen molar-refractivity contribution in [1.82, 2.24) is 0 Å². The average molecular weight is 673 g/mol. The normalized spacial score (nSPS) is 14.2. The fourth-order valence-electron chi connectivity index (χ4n) is 1.74. The molecule has 0 unspecified atom stereocenters. The minimum Gasteiger partial charge on any atom is -0.872 e. The third-order valence-electron chi connectivity index (χ3n) is 3.00. The fourth-order valence-corrected chi connectivity index (χ4v) is 3.41. The quantitative estimate of drug-likeness (QED) is 0.212. The first-order valence-corrected chi connectivity index (χ1v) is 9.71. The van der Waals surface area contributed by atoms with Crippen LogP contribution < -0.4 is 45.1 Å². The molecular weight excluding hydrogens is 662 g/mol. The van der Waals surface area contributed by atoms with Crippen molar-refractivity contribution in [1.29, 1.82) is 0 Å². The molecule has 2 aromatic rings. The summed E-state index contributed by atoms with van der Waals surface area (Å²) in [6.07, 6.45) is 0. The van der Waals surface area contributed by atoms with E-state index in [1.165, 1.54) is 12.1 Å². The fraction of sp³-hybridized carbons (Fsp3) is 0.133. The Kier molecular flexibility index (Phi) is 9.04. The van der Waals surface area contributed by atoms with E-state index >= 15 is 0 Å². The molecule has 0 heterocycles. The summed E-state index contributed by atoms with van der Waals surface area (Å²) in [6.45, 7) is 0. The largest absolute Gasteiger partial charge is 1.00 e. The van der Waals surface area contributed by atoms with E-state index in [1.807, 2.05) is 28.7 Å². The molecule has 3 N–H and O–H groups in total. The third kappa shape index (κ3) is 5.58. The number of carboxylic acids is 1. The van der Waals surface area contributed by atoms with E-state index in [0.717, 1.165) is 9.13 Å². The Bertz CT molecular complexity index is 725. The molecule has 2 atom stereocenters. The molecule has 24 heavy (non-hydrogen) atoms. The van der Waals surface area contributed by atoms with Crippen LogP contribution in [0.5, 0.6) is 17.2 Å². The molecule has 2 rings (SSSR count). The maximum absolute atomic E-state index is 11.3. The SMILES string of the molecule is N[C@](I)(C(=O)O)[C@H](I)c1ccc(Oc2ccc([O-])cc2)c(I)c1.[Na+]. The molecule has 0 aromatic heterocycles. The van der Waals surface area contributed by atoms with Gasteiger partial charge < -0.3 is 20.7 Å². The van der Waals surface area contributed by atoms with Gasteiger partial charge >= 0.3 is 35.5 Å². The van der Waals surface area contributed by atoms with Gasteiger partial charge in [-0.2, -0.15) is 0 Å². The zero-order valence-electron chi connectivity index (χ0n) is 12.5. The van der Waals surface area contributed by atoms with Crippen LogP contribution in [0, 0.1) is 3.57 Å². The van der Waals surface area contributed by atoms with Crippen molar-refractivity contribution in [2.75, 3.05) is 0 Å². The number of carboxylic acid groups (broad SMARTS) is 1. The van der Waals surface area contributed by atoms with Crippen LogP contribution in [-0.2, 0) is 4.79 Å². The van der Waals surface area contributed by atoms with E-state index < -0.39 is 13.4 Å². The number of benzene rings is 2. The first kappa shape index (κ1) is 22.7. The molecule has 0 bridgehead atoms.